The Morgan fingerprint density at radius 1 is 1.40 bits per heavy atom. The van der Waals surface area contributed by atoms with Gasteiger partial charge in [0.15, 0.2) is 0 Å². The van der Waals surface area contributed by atoms with E-state index in [2.05, 4.69) is 11.9 Å². The molecule has 1 rings (SSSR count). The molecule has 0 aromatic heterocycles. The summed E-state index contributed by atoms with van der Waals surface area (Å²) in [6.45, 7) is 7.50. The van der Waals surface area contributed by atoms with Crippen LogP contribution in [0.25, 0.3) is 0 Å². The summed E-state index contributed by atoms with van der Waals surface area (Å²) < 4.78 is 0. The lowest BCUT2D eigenvalue weighted by Crippen LogP contribution is -2.44. The van der Waals surface area contributed by atoms with Gasteiger partial charge in [-0.1, -0.05) is 18.9 Å². The summed E-state index contributed by atoms with van der Waals surface area (Å²) in [5, 5.41) is 2.99. The zero-order valence-electron chi connectivity index (χ0n) is 9.67. The molecule has 2 amide bonds. The topological polar surface area (TPSA) is 32.3 Å². The molecule has 0 spiro atoms. The second-order valence-electron chi connectivity index (χ2n) is 4.28. The first kappa shape index (κ1) is 12.1. The molecular formula is C12H22N2O. The van der Waals surface area contributed by atoms with Gasteiger partial charge in [0.1, 0.15) is 0 Å². The highest BCUT2D eigenvalue weighted by molar-refractivity contribution is 5.74. The van der Waals surface area contributed by atoms with E-state index in [0.29, 0.717) is 0 Å². The minimum Gasteiger partial charge on any atom is -0.335 e. The van der Waals surface area contributed by atoms with Gasteiger partial charge in [0, 0.05) is 19.1 Å². The summed E-state index contributed by atoms with van der Waals surface area (Å²) in [6, 6.07) is 0.282. The number of rotatable bonds is 3. The van der Waals surface area contributed by atoms with E-state index < -0.39 is 0 Å². The summed E-state index contributed by atoms with van der Waals surface area (Å²) >= 11 is 0. The molecule has 1 fully saturated rings. The maximum absolute atomic E-state index is 11.8. The number of amides is 2. The highest BCUT2D eigenvalue weighted by Crippen LogP contribution is 2.09. The third kappa shape index (κ3) is 4.36. The molecule has 3 nitrogen and oxygen atoms in total. The minimum atomic E-state index is 0.0891. The fraction of sp³-hybridized carbons (Fsp3) is 0.750. The molecule has 0 aromatic carbocycles. The van der Waals surface area contributed by atoms with Gasteiger partial charge in [-0.3, -0.25) is 0 Å². The zero-order chi connectivity index (χ0) is 11.1. The highest BCUT2D eigenvalue weighted by atomic mass is 16.2. The average Bonchev–Trinajstić information content (AvgIpc) is 2.45. The summed E-state index contributed by atoms with van der Waals surface area (Å²) in [7, 11) is 0. The van der Waals surface area contributed by atoms with Crippen molar-refractivity contribution in [3.63, 3.8) is 0 Å². The van der Waals surface area contributed by atoms with Gasteiger partial charge in [0.05, 0.1) is 0 Å². The van der Waals surface area contributed by atoms with Crippen molar-refractivity contribution in [1.29, 1.82) is 0 Å². The van der Waals surface area contributed by atoms with E-state index in [-0.39, 0.29) is 12.1 Å². The fourth-order valence-corrected chi connectivity index (χ4v) is 1.88. The Balaban J connectivity index is 2.33. The number of hydrogen-bond donors (Lipinski definition) is 1. The fourth-order valence-electron chi connectivity index (χ4n) is 1.88. The molecule has 1 saturated heterocycles. The van der Waals surface area contributed by atoms with Gasteiger partial charge in [-0.05, 0) is 26.2 Å². The van der Waals surface area contributed by atoms with Gasteiger partial charge in [-0.2, -0.15) is 0 Å². The van der Waals surface area contributed by atoms with Crippen molar-refractivity contribution in [2.24, 2.45) is 0 Å². The molecule has 3 heteroatoms. The Labute approximate surface area is 92.5 Å². The molecule has 1 aliphatic heterocycles. The van der Waals surface area contributed by atoms with Crippen LogP contribution in [0.3, 0.4) is 0 Å². The Hall–Kier alpha value is -0.990. The van der Waals surface area contributed by atoms with Crippen molar-refractivity contribution in [3.8, 4) is 0 Å². The Morgan fingerprint density at radius 2 is 2.00 bits per heavy atom. The van der Waals surface area contributed by atoms with E-state index in [1.54, 1.807) is 0 Å². The van der Waals surface area contributed by atoms with Crippen LogP contribution in [0.5, 0.6) is 0 Å². The molecule has 0 bridgehead atoms. The van der Waals surface area contributed by atoms with Crippen LogP contribution >= 0.6 is 0 Å². The standard InChI is InChI=1S/C12H22N2O/c1-3-8-11(2)13-12(15)14-9-6-4-5-7-10-14/h3,11H,1,4-10H2,2H3,(H,13,15). The van der Waals surface area contributed by atoms with Crippen molar-refractivity contribution >= 4 is 6.03 Å². The number of hydrogen-bond acceptors (Lipinski definition) is 1. The number of carbonyl (C=O) groups excluding carboxylic acids is 1. The number of nitrogens with one attached hydrogen (secondary N) is 1. The molecule has 1 aliphatic rings. The summed E-state index contributed by atoms with van der Waals surface area (Å²) in [5.74, 6) is 0. The Bertz CT molecular complexity index is 208. The van der Waals surface area contributed by atoms with Crippen molar-refractivity contribution in [2.45, 2.75) is 45.1 Å². The van der Waals surface area contributed by atoms with E-state index in [4.69, 9.17) is 0 Å². The third-order valence-electron chi connectivity index (χ3n) is 2.78. The first-order chi connectivity index (χ1) is 7.24. The second kappa shape index (κ2) is 6.49. The number of urea groups is 1. The molecule has 15 heavy (non-hydrogen) atoms. The minimum absolute atomic E-state index is 0.0891. The van der Waals surface area contributed by atoms with E-state index in [9.17, 15) is 4.79 Å². The predicted octanol–water partition coefficient (Wildman–Crippen LogP) is 2.54. The van der Waals surface area contributed by atoms with Crippen molar-refractivity contribution in [3.05, 3.63) is 12.7 Å². The number of carbonyl (C=O) groups is 1. The lowest BCUT2D eigenvalue weighted by atomic mass is 10.2. The molecule has 0 aliphatic carbocycles. The predicted molar refractivity (Wildman–Crippen MR) is 62.8 cm³/mol. The van der Waals surface area contributed by atoms with Crippen LogP contribution in [-0.4, -0.2) is 30.1 Å². The summed E-state index contributed by atoms with van der Waals surface area (Å²) in [5.41, 5.74) is 0. The molecule has 1 atom stereocenters. The Morgan fingerprint density at radius 3 is 2.53 bits per heavy atom. The Kier molecular flexibility index (Phi) is 5.22. The van der Waals surface area contributed by atoms with Crippen molar-refractivity contribution < 1.29 is 4.79 Å². The molecule has 1 heterocycles. The molecular weight excluding hydrogens is 188 g/mol. The zero-order valence-corrected chi connectivity index (χ0v) is 9.67. The van der Waals surface area contributed by atoms with Crippen LogP contribution in [0.2, 0.25) is 0 Å². The maximum atomic E-state index is 11.8. The number of likely N-dealkylation sites (tertiary alicyclic amines) is 1. The van der Waals surface area contributed by atoms with Gasteiger partial charge in [0.2, 0.25) is 0 Å². The summed E-state index contributed by atoms with van der Waals surface area (Å²) in [4.78, 5) is 13.8. The monoisotopic (exact) mass is 210 g/mol. The lowest BCUT2D eigenvalue weighted by Gasteiger charge is -2.23. The SMILES string of the molecule is C=CCC(C)NC(=O)N1CCCCCC1. The van der Waals surface area contributed by atoms with Gasteiger partial charge in [-0.15, -0.1) is 6.58 Å². The van der Waals surface area contributed by atoms with Gasteiger partial charge in [-0.25, -0.2) is 4.79 Å². The second-order valence-corrected chi connectivity index (χ2v) is 4.28. The number of nitrogens with zero attached hydrogens (tertiary/aromatic N) is 1. The van der Waals surface area contributed by atoms with Gasteiger partial charge >= 0.3 is 6.03 Å². The molecule has 0 saturated carbocycles. The first-order valence-electron chi connectivity index (χ1n) is 5.90. The molecule has 0 aromatic rings. The largest absolute Gasteiger partial charge is 0.335 e. The van der Waals surface area contributed by atoms with Crippen LogP contribution in [0.4, 0.5) is 4.79 Å². The van der Waals surface area contributed by atoms with E-state index in [1.165, 1.54) is 12.8 Å². The average molecular weight is 210 g/mol. The molecule has 0 radical (unpaired) electrons. The lowest BCUT2D eigenvalue weighted by molar-refractivity contribution is 0.196. The molecule has 86 valence electrons. The van der Waals surface area contributed by atoms with Crippen molar-refractivity contribution in [1.82, 2.24) is 10.2 Å². The maximum Gasteiger partial charge on any atom is 0.317 e. The van der Waals surface area contributed by atoms with E-state index >= 15 is 0 Å². The van der Waals surface area contributed by atoms with Crippen LogP contribution < -0.4 is 5.32 Å². The van der Waals surface area contributed by atoms with Crippen LogP contribution in [-0.2, 0) is 0 Å². The van der Waals surface area contributed by atoms with Crippen LogP contribution in [0.15, 0.2) is 12.7 Å². The van der Waals surface area contributed by atoms with Crippen LogP contribution in [0.1, 0.15) is 39.0 Å². The highest BCUT2D eigenvalue weighted by Gasteiger charge is 2.16. The summed E-state index contributed by atoms with van der Waals surface area (Å²) in [6.07, 6.45) is 7.47. The smallest absolute Gasteiger partial charge is 0.317 e. The van der Waals surface area contributed by atoms with E-state index in [0.717, 1.165) is 32.4 Å². The van der Waals surface area contributed by atoms with E-state index in [1.807, 2.05) is 17.9 Å². The third-order valence-corrected chi connectivity index (χ3v) is 2.78. The molecule has 1 unspecified atom stereocenters. The first-order valence-corrected chi connectivity index (χ1v) is 5.90. The van der Waals surface area contributed by atoms with Gasteiger partial charge in [0.25, 0.3) is 0 Å². The normalized spacial score (nSPS) is 19.1. The molecule has 1 N–H and O–H groups in total. The van der Waals surface area contributed by atoms with Crippen molar-refractivity contribution in [2.75, 3.05) is 13.1 Å². The van der Waals surface area contributed by atoms with Crippen LogP contribution in [0, 0.1) is 0 Å². The quantitative estimate of drug-likeness (QED) is 0.713. The van der Waals surface area contributed by atoms with Gasteiger partial charge < -0.3 is 10.2 Å².